The Kier molecular flexibility index (Phi) is 6.83. The number of anilines is 1. The van der Waals surface area contributed by atoms with Crippen molar-refractivity contribution in [2.75, 3.05) is 5.32 Å². The van der Waals surface area contributed by atoms with Crippen molar-refractivity contribution in [2.24, 2.45) is 5.14 Å². The molecule has 10 heteroatoms. The van der Waals surface area contributed by atoms with Crippen LogP contribution in [0.3, 0.4) is 0 Å². The van der Waals surface area contributed by atoms with Gasteiger partial charge in [0.15, 0.2) is 0 Å². The fourth-order valence-electron chi connectivity index (χ4n) is 2.67. The Bertz CT molecular complexity index is 1290. The maximum atomic E-state index is 12.4. The summed E-state index contributed by atoms with van der Waals surface area (Å²) in [5, 5.41) is 17.4. The van der Waals surface area contributed by atoms with E-state index in [2.05, 4.69) is 5.32 Å². The number of nitrogens with zero attached hydrogens (tertiary/aromatic N) is 1. The largest absolute Gasteiger partial charge is 0.456 e. The minimum absolute atomic E-state index is 0.0173. The van der Waals surface area contributed by atoms with Crippen LogP contribution < -0.4 is 15.2 Å². The van der Waals surface area contributed by atoms with Crippen LogP contribution in [0.4, 0.5) is 5.69 Å². The molecular weight excluding hydrogens is 461 g/mol. The van der Waals surface area contributed by atoms with Gasteiger partial charge in [-0.25, -0.2) is 13.6 Å². The number of nitrogens with one attached hydrogen (secondary N) is 1. The van der Waals surface area contributed by atoms with Crippen LogP contribution in [0.5, 0.6) is 11.5 Å². The smallest absolute Gasteiger partial charge is 0.238 e. The Morgan fingerprint density at radius 1 is 1.06 bits per heavy atom. The minimum Gasteiger partial charge on any atom is -0.456 e. The molecule has 158 valence electrons. The number of primary sulfonamides is 1. The van der Waals surface area contributed by atoms with Crippen molar-refractivity contribution in [2.45, 2.75) is 11.3 Å². The number of halogens is 2. The predicted octanol–water partition coefficient (Wildman–Crippen LogP) is 4.49. The summed E-state index contributed by atoms with van der Waals surface area (Å²) < 4.78 is 28.3. The first-order valence-electron chi connectivity index (χ1n) is 8.74. The molecule has 0 heterocycles. The zero-order chi connectivity index (χ0) is 22.6. The monoisotopic (exact) mass is 475 g/mol. The lowest BCUT2D eigenvalue weighted by Gasteiger charge is -2.11. The molecule has 1 amide bonds. The van der Waals surface area contributed by atoms with E-state index in [1.165, 1.54) is 36.4 Å². The Balaban J connectivity index is 1.72. The second kappa shape index (κ2) is 9.37. The molecule has 0 aliphatic heterocycles. The van der Waals surface area contributed by atoms with Crippen LogP contribution in [0.1, 0.15) is 11.1 Å². The molecule has 0 bridgehead atoms. The zero-order valence-corrected chi connectivity index (χ0v) is 18.1. The number of hydrogen-bond donors (Lipinski definition) is 2. The molecule has 7 nitrogen and oxygen atoms in total. The summed E-state index contributed by atoms with van der Waals surface area (Å²) in [4.78, 5) is 12.3. The van der Waals surface area contributed by atoms with Gasteiger partial charge in [-0.05, 0) is 60.2 Å². The molecule has 0 atom stereocenters. The molecule has 0 saturated heterocycles. The van der Waals surface area contributed by atoms with Crippen molar-refractivity contribution < 1.29 is 17.9 Å². The molecule has 0 saturated carbocycles. The van der Waals surface area contributed by atoms with Crippen molar-refractivity contribution in [1.82, 2.24) is 0 Å². The van der Waals surface area contributed by atoms with Gasteiger partial charge in [0.05, 0.1) is 28.0 Å². The second-order valence-electron chi connectivity index (χ2n) is 6.45. The average Bonchev–Trinajstić information content (AvgIpc) is 2.69. The van der Waals surface area contributed by atoms with E-state index in [9.17, 15) is 13.2 Å². The highest BCUT2D eigenvalue weighted by Crippen LogP contribution is 2.32. The molecule has 0 aromatic heterocycles. The summed E-state index contributed by atoms with van der Waals surface area (Å²) in [7, 11) is -3.80. The summed E-state index contributed by atoms with van der Waals surface area (Å²) in [5.41, 5.74) is 1.38. The normalized spacial score (nSPS) is 10.9. The number of sulfonamides is 1. The van der Waals surface area contributed by atoms with Crippen LogP contribution >= 0.6 is 23.2 Å². The first kappa shape index (κ1) is 22.6. The minimum atomic E-state index is -3.80. The van der Waals surface area contributed by atoms with E-state index in [-0.39, 0.29) is 17.2 Å². The second-order valence-corrected chi connectivity index (χ2v) is 8.85. The maximum absolute atomic E-state index is 12.4. The molecule has 0 unspecified atom stereocenters. The van der Waals surface area contributed by atoms with Crippen molar-refractivity contribution in [3.05, 3.63) is 81.8 Å². The standard InChI is InChI=1S/C21H15Cl2N3O4S/c22-15-7-14(12-24)8-17(11-15)30-20-9-13(1-6-19(20)23)10-21(27)26-16-2-4-18(5-3-16)31(25,28)29/h1-9,11H,10H2,(H,26,27)(H2,25,28,29). The first-order valence-corrected chi connectivity index (χ1v) is 11.0. The lowest BCUT2D eigenvalue weighted by molar-refractivity contribution is -0.115. The number of carbonyl (C=O) groups excluding carboxylic acids is 1. The lowest BCUT2D eigenvalue weighted by Crippen LogP contribution is -2.15. The molecule has 3 N–H and O–H groups in total. The quantitative estimate of drug-likeness (QED) is 0.543. The fourth-order valence-corrected chi connectivity index (χ4v) is 3.56. The van der Waals surface area contributed by atoms with Crippen molar-refractivity contribution in [3.8, 4) is 17.6 Å². The number of carbonyl (C=O) groups is 1. The third kappa shape index (κ3) is 6.20. The summed E-state index contributed by atoms with van der Waals surface area (Å²) in [5.74, 6) is 0.310. The first-order chi connectivity index (χ1) is 14.6. The number of ether oxygens (including phenoxy) is 1. The van der Waals surface area contributed by atoms with E-state index in [1.54, 1.807) is 24.3 Å². The number of benzene rings is 3. The molecule has 3 rings (SSSR count). The molecule has 0 aliphatic carbocycles. The van der Waals surface area contributed by atoms with Gasteiger partial charge in [-0.15, -0.1) is 0 Å². The zero-order valence-electron chi connectivity index (χ0n) is 15.8. The molecule has 3 aromatic rings. The van der Waals surface area contributed by atoms with Crippen LogP contribution in [0, 0.1) is 11.3 Å². The van der Waals surface area contributed by atoms with Crippen LogP contribution in [-0.4, -0.2) is 14.3 Å². The number of nitrogens with two attached hydrogens (primary N) is 1. The van der Waals surface area contributed by atoms with Gasteiger partial charge in [-0.2, -0.15) is 5.26 Å². The third-order valence-electron chi connectivity index (χ3n) is 4.06. The lowest BCUT2D eigenvalue weighted by atomic mass is 10.1. The van der Waals surface area contributed by atoms with E-state index >= 15 is 0 Å². The van der Waals surface area contributed by atoms with Gasteiger partial charge in [0.2, 0.25) is 15.9 Å². The van der Waals surface area contributed by atoms with E-state index in [1.807, 2.05) is 6.07 Å². The SMILES string of the molecule is N#Cc1cc(Cl)cc(Oc2cc(CC(=O)Nc3ccc(S(N)(=O)=O)cc3)ccc2Cl)c1. The fraction of sp³-hybridized carbons (Fsp3) is 0.0476. The molecule has 0 spiro atoms. The van der Waals surface area contributed by atoms with Gasteiger partial charge >= 0.3 is 0 Å². The average molecular weight is 476 g/mol. The van der Waals surface area contributed by atoms with Crippen LogP contribution in [0.2, 0.25) is 10.0 Å². The summed E-state index contributed by atoms with van der Waals surface area (Å²) in [6.07, 6.45) is 0.0173. The Morgan fingerprint density at radius 2 is 1.77 bits per heavy atom. The molecular formula is C21H15Cl2N3O4S. The Morgan fingerprint density at radius 3 is 2.42 bits per heavy atom. The Labute approximate surface area is 189 Å². The van der Waals surface area contributed by atoms with Gasteiger partial charge in [-0.3, -0.25) is 4.79 Å². The van der Waals surface area contributed by atoms with Crippen LogP contribution in [-0.2, 0) is 21.2 Å². The number of amides is 1. The van der Waals surface area contributed by atoms with Crippen molar-refractivity contribution in [1.29, 1.82) is 5.26 Å². The van der Waals surface area contributed by atoms with Gasteiger partial charge in [-0.1, -0.05) is 29.3 Å². The molecule has 3 aromatic carbocycles. The molecule has 0 fully saturated rings. The van der Waals surface area contributed by atoms with E-state index < -0.39 is 10.0 Å². The summed E-state index contributed by atoms with van der Waals surface area (Å²) in [6, 6.07) is 16.9. The van der Waals surface area contributed by atoms with Gasteiger partial charge < -0.3 is 10.1 Å². The highest BCUT2D eigenvalue weighted by atomic mass is 35.5. The number of nitriles is 1. The number of rotatable bonds is 6. The third-order valence-corrected chi connectivity index (χ3v) is 5.51. The van der Waals surface area contributed by atoms with Gasteiger partial charge in [0.1, 0.15) is 11.5 Å². The highest BCUT2D eigenvalue weighted by molar-refractivity contribution is 7.89. The van der Waals surface area contributed by atoms with Crippen LogP contribution in [0.15, 0.2) is 65.6 Å². The van der Waals surface area contributed by atoms with Gasteiger partial charge in [0.25, 0.3) is 0 Å². The van der Waals surface area contributed by atoms with Crippen molar-refractivity contribution >= 4 is 44.8 Å². The maximum Gasteiger partial charge on any atom is 0.238 e. The molecule has 0 aliphatic rings. The number of hydrogen-bond acceptors (Lipinski definition) is 5. The Hall–Kier alpha value is -3.09. The summed E-state index contributed by atoms with van der Waals surface area (Å²) >= 11 is 12.2. The highest BCUT2D eigenvalue weighted by Gasteiger charge is 2.11. The van der Waals surface area contributed by atoms with Crippen LogP contribution in [0.25, 0.3) is 0 Å². The van der Waals surface area contributed by atoms with E-state index in [0.717, 1.165) is 0 Å². The van der Waals surface area contributed by atoms with Crippen molar-refractivity contribution in [3.63, 3.8) is 0 Å². The molecule has 31 heavy (non-hydrogen) atoms. The van der Waals surface area contributed by atoms with E-state index in [0.29, 0.717) is 38.4 Å². The topological polar surface area (TPSA) is 122 Å². The predicted molar refractivity (Wildman–Crippen MR) is 118 cm³/mol. The van der Waals surface area contributed by atoms with Gasteiger partial charge in [0, 0.05) is 10.7 Å². The molecule has 0 radical (unpaired) electrons. The summed E-state index contributed by atoms with van der Waals surface area (Å²) in [6.45, 7) is 0. The van der Waals surface area contributed by atoms with E-state index in [4.69, 9.17) is 38.3 Å².